The number of hydrogen-bond donors (Lipinski definition) is 3. The predicted octanol–water partition coefficient (Wildman–Crippen LogP) is 1.96. The third-order valence-electron chi connectivity index (χ3n) is 3.37. The molecule has 122 valence electrons. The number of hydrogen-bond acceptors (Lipinski definition) is 6. The van der Waals surface area contributed by atoms with E-state index in [9.17, 15) is 14.9 Å². The molecule has 0 spiro atoms. The van der Waals surface area contributed by atoms with Crippen LogP contribution >= 0.6 is 0 Å². The number of rotatable bonds is 4. The molecule has 8 heteroatoms. The fourth-order valence-corrected chi connectivity index (χ4v) is 2.14. The van der Waals surface area contributed by atoms with Crippen LogP contribution in [0.4, 0.5) is 5.69 Å². The first-order valence-electron chi connectivity index (χ1n) is 7.15. The molecule has 0 fully saturated rings. The van der Waals surface area contributed by atoms with Gasteiger partial charge in [-0.25, -0.2) is 9.78 Å². The summed E-state index contributed by atoms with van der Waals surface area (Å²) in [6.45, 7) is 0. The van der Waals surface area contributed by atoms with E-state index in [-0.39, 0.29) is 22.7 Å². The minimum atomic E-state index is -1.04. The van der Waals surface area contributed by atoms with E-state index in [4.69, 9.17) is 5.11 Å². The Balaban J connectivity index is 1.92. The summed E-state index contributed by atoms with van der Waals surface area (Å²) >= 11 is 0. The summed E-state index contributed by atoms with van der Waals surface area (Å²) in [6.07, 6.45) is 0. The fourth-order valence-electron chi connectivity index (χ4n) is 2.14. The second-order valence-corrected chi connectivity index (χ2v) is 5.00. The molecule has 3 rings (SSSR count). The number of anilines is 1. The second kappa shape index (κ2) is 6.64. The summed E-state index contributed by atoms with van der Waals surface area (Å²) in [5.74, 6) is -0.994. The Kier molecular flexibility index (Phi) is 4.22. The molecular formula is C17H11N5O3. The molecule has 0 saturated carbocycles. The normalized spacial score (nSPS) is 11.1. The molecule has 0 atom stereocenters. The van der Waals surface area contributed by atoms with Gasteiger partial charge in [0.1, 0.15) is 6.07 Å². The number of H-pyrrole nitrogens is 1. The van der Waals surface area contributed by atoms with E-state index in [0.717, 1.165) is 0 Å². The number of para-hydroxylation sites is 1. The van der Waals surface area contributed by atoms with E-state index >= 15 is 0 Å². The summed E-state index contributed by atoms with van der Waals surface area (Å²) in [5.41, 5.74) is 3.24. The van der Waals surface area contributed by atoms with Gasteiger partial charge in [0.15, 0.2) is 5.82 Å². The number of hydrazone groups is 1. The minimum Gasteiger partial charge on any atom is -0.478 e. The highest BCUT2D eigenvalue weighted by molar-refractivity contribution is 6.10. The molecule has 0 radical (unpaired) electrons. The maximum Gasteiger partial charge on any atom is 0.335 e. The third kappa shape index (κ3) is 3.35. The molecule has 0 saturated heterocycles. The molecule has 25 heavy (non-hydrogen) atoms. The molecule has 0 unspecified atom stereocenters. The zero-order valence-electron chi connectivity index (χ0n) is 12.7. The van der Waals surface area contributed by atoms with Crippen molar-refractivity contribution < 1.29 is 9.90 Å². The molecule has 3 N–H and O–H groups in total. The Morgan fingerprint density at radius 1 is 1.20 bits per heavy atom. The van der Waals surface area contributed by atoms with Crippen molar-refractivity contribution >= 4 is 28.3 Å². The molecule has 0 amide bonds. The van der Waals surface area contributed by atoms with Crippen LogP contribution in [0.3, 0.4) is 0 Å². The molecule has 2 aromatic carbocycles. The number of aromatic nitrogens is 2. The standard InChI is InChI=1S/C17H11N5O3/c18-9-14(22-21-11-7-5-10(6-8-11)17(24)25)15-19-13-4-2-1-3-12(13)16(23)20-15/h1-8,21H,(H,24,25)(H,19,20,23). The molecule has 0 bridgehead atoms. The Hall–Kier alpha value is -3.99. The average molecular weight is 333 g/mol. The number of aromatic amines is 1. The van der Waals surface area contributed by atoms with Crippen molar-refractivity contribution in [3.63, 3.8) is 0 Å². The van der Waals surface area contributed by atoms with E-state index in [1.165, 1.54) is 24.3 Å². The molecule has 8 nitrogen and oxygen atoms in total. The van der Waals surface area contributed by atoms with Gasteiger partial charge >= 0.3 is 5.97 Å². The van der Waals surface area contributed by atoms with Gasteiger partial charge in [-0.1, -0.05) is 12.1 Å². The SMILES string of the molecule is N#CC(=NNc1ccc(C(=O)O)cc1)c1nc2ccccc2c(=O)[nH]1. The average Bonchev–Trinajstić information content (AvgIpc) is 2.63. The van der Waals surface area contributed by atoms with Crippen molar-refractivity contribution in [2.24, 2.45) is 5.10 Å². The summed E-state index contributed by atoms with van der Waals surface area (Å²) in [4.78, 5) is 29.6. The number of benzene rings is 2. The molecule has 0 aliphatic carbocycles. The van der Waals surface area contributed by atoms with E-state index in [0.29, 0.717) is 16.6 Å². The van der Waals surface area contributed by atoms with Crippen molar-refractivity contribution in [1.29, 1.82) is 5.26 Å². The van der Waals surface area contributed by atoms with E-state index in [2.05, 4.69) is 20.5 Å². The van der Waals surface area contributed by atoms with Gasteiger partial charge in [0.05, 0.1) is 22.2 Å². The maximum absolute atomic E-state index is 12.1. The molecule has 0 aliphatic rings. The first kappa shape index (κ1) is 15.9. The summed E-state index contributed by atoms with van der Waals surface area (Å²) in [7, 11) is 0. The van der Waals surface area contributed by atoms with Crippen LogP contribution in [0, 0.1) is 11.3 Å². The second-order valence-electron chi connectivity index (χ2n) is 5.00. The number of nitrogens with one attached hydrogen (secondary N) is 2. The number of carboxylic acid groups (broad SMARTS) is 1. The van der Waals surface area contributed by atoms with E-state index < -0.39 is 5.97 Å². The first-order chi connectivity index (χ1) is 12.1. The lowest BCUT2D eigenvalue weighted by atomic mass is 10.2. The van der Waals surface area contributed by atoms with Gasteiger partial charge in [0.2, 0.25) is 5.71 Å². The van der Waals surface area contributed by atoms with Gasteiger partial charge in [0.25, 0.3) is 5.56 Å². The highest BCUT2D eigenvalue weighted by Gasteiger charge is 2.09. The summed E-state index contributed by atoms with van der Waals surface area (Å²) in [5, 5.41) is 22.5. The van der Waals surface area contributed by atoms with Gasteiger partial charge < -0.3 is 10.1 Å². The number of aromatic carboxylic acids is 1. The molecule has 0 aliphatic heterocycles. The Labute approximate surface area is 141 Å². The van der Waals surface area contributed by atoms with Gasteiger partial charge in [-0.2, -0.15) is 10.4 Å². The Bertz CT molecular complexity index is 1080. The summed E-state index contributed by atoms with van der Waals surface area (Å²) < 4.78 is 0. The predicted molar refractivity (Wildman–Crippen MR) is 91.5 cm³/mol. The third-order valence-corrected chi connectivity index (χ3v) is 3.37. The lowest BCUT2D eigenvalue weighted by molar-refractivity contribution is 0.0697. The van der Waals surface area contributed by atoms with Gasteiger partial charge in [-0.3, -0.25) is 10.2 Å². The largest absolute Gasteiger partial charge is 0.478 e. The minimum absolute atomic E-state index is 0.0425. The van der Waals surface area contributed by atoms with E-state index in [1.54, 1.807) is 24.3 Å². The van der Waals surface area contributed by atoms with Crippen molar-refractivity contribution in [2.45, 2.75) is 0 Å². The molecular weight excluding hydrogens is 322 g/mol. The molecule has 3 aromatic rings. The molecule has 1 aromatic heterocycles. The maximum atomic E-state index is 12.1. The van der Waals surface area contributed by atoms with Crippen LogP contribution in [0.25, 0.3) is 10.9 Å². The number of nitrogens with zero attached hydrogens (tertiary/aromatic N) is 3. The van der Waals surface area contributed by atoms with Crippen LogP contribution in [0.15, 0.2) is 58.4 Å². The van der Waals surface area contributed by atoms with Crippen LogP contribution < -0.4 is 11.0 Å². The van der Waals surface area contributed by atoms with E-state index in [1.807, 2.05) is 6.07 Å². The van der Waals surface area contributed by atoms with Crippen molar-refractivity contribution in [3.8, 4) is 6.07 Å². The quantitative estimate of drug-likeness (QED) is 0.494. The number of nitriles is 1. The van der Waals surface area contributed by atoms with Crippen molar-refractivity contribution in [2.75, 3.05) is 5.43 Å². The van der Waals surface area contributed by atoms with Crippen LogP contribution in [-0.2, 0) is 0 Å². The van der Waals surface area contributed by atoms with Crippen LogP contribution in [-0.4, -0.2) is 26.8 Å². The van der Waals surface area contributed by atoms with Gasteiger partial charge in [0, 0.05) is 0 Å². The van der Waals surface area contributed by atoms with Gasteiger partial charge in [-0.15, -0.1) is 0 Å². The zero-order chi connectivity index (χ0) is 17.8. The number of fused-ring (bicyclic) bond motifs is 1. The topological polar surface area (TPSA) is 131 Å². The van der Waals surface area contributed by atoms with Crippen LogP contribution in [0.5, 0.6) is 0 Å². The van der Waals surface area contributed by atoms with Crippen molar-refractivity contribution in [1.82, 2.24) is 9.97 Å². The monoisotopic (exact) mass is 333 g/mol. The Morgan fingerprint density at radius 2 is 1.92 bits per heavy atom. The fraction of sp³-hybridized carbons (Fsp3) is 0. The zero-order valence-corrected chi connectivity index (χ0v) is 12.7. The summed E-state index contributed by atoms with van der Waals surface area (Å²) in [6, 6.07) is 14.5. The smallest absolute Gasteiger partial charge is 0.335 e. The number of carboxylic acids is 1. The highest BCUT2D eigenvalue weighted by atomic mass is 16.4. The number of carbonyl (C=O) groups is 1. The van der Waals surface area contributed by atoms with Crippen LogP contribution in [0.1, 0.15) is 16.2 Å². The molecule has 1 heterocycles. The lowest BCUT2D eigenvalue weighted by Gasteiger charge is -2.03. The van der Waals surface area contributed by atoms with Crippen LogP contribution in [0.2, 0.25) is 0 Å². The lowest BCUT2D eigenvalue weighted by Crippen LogP contribution is -2.16. The Morgan fingerprint density at radius 3 is 2.60 bits per heavy atom. The van der Waals surface area contributed by atoms with Crippen molar-refractivity contribution in [3.05, 3.63) is 70.3 Å². The highest BCUT2D eigenvalue weighted by Crippen LogP contribution is 2.10. The first-order valence-corrected chi connectivity index (χ1v) is 7.15. The van der Waals surface area contributed by atoms with Gasteiger partial charge in [-0.05, 0) is 36.4 Å².